The first-order chi connectivity index (χ1) is 12.8. The average Bonchev–Trinajstić information content (AvgIpc) is 3.10. The Morgan fingerprint density at radius 2 is 1.85 bits per heavy atom. The SMILES string of the molecule is Cc1cccc(CNS(=O)(=O)c2nnc(NC(=O)c3ccccc3C)s2)c1. The van der Waals surface area contributed by atoms with Crippen LogP contribution in [0.2, 0.25) is 0 Å². The van der Waals surface area contributed by atoms with Crippen LogP contribution in [0.3, 0.4) is 0 Å². The van der Waals surface area contributed by atoms with Crippen LogP contribution < -0.4 is 10.0 Å². The predicted octanol–water partition coefficient (Wildman–Crippen LogP) is 2.89. The van der Waals surface area contributed by atoms with Crippen molar-refractivity contribution in [2.24, 2.45) is 0 Å². The van der Waals surface area contributed by atoms with Crippen molar-refractivity contribution >= 4 is 32.4 Å². The molecule has 0 fully saturated rings. The lowest BCUT2D eigenvalue weighted by Crippen LogP contribution is -2.23. The Morgan fingerprint density at radius 1 is 1.07 bits per heavy atom. The summed E-state index contributed by atoms with van der Waals surface area (Å²) in [5.41, 5.74) is 3.20. The molecule has 3 aromatic rings. The quantitative estimate of drug-likeness (QED) is 0.618. The fraction of sp³-hybridized carbons (Fsp3) is 0.167. The molecule has 0 aliphatic rings. The van der Waals surface area contributed by atoms with Crippen molar-refractivity contribution in [2.75, 3.05) is 5.32 Å². The first-order valence-corrected chi connectivity index (χ1v) is 10.4. The van der Waals surface area contributed by atoms with E-state index in [0.717, 1.165) is 28.0 Å². The molecule has 0 aliphatic heterocycles. The monoisotopic (exact) mass is 402 g/mol. The summed E-state index contributed by atoms with van der Waals surface area (Å²) in [5.74, 6) is -0.360. The molecular formula is C18H18N4O3S2. The smallest absolute Gasteiger partial charge is 0.270 e. The Kier molecular flexibility index (Phi) is 5.64. The van der Waals surface area contributed by atoms with E-state index >= 15 is 0 Å². The third-order valence-corrected chi connectivity index (χ3v) is 6.40. The Morgan fingerprint density at radius 3 is 2.59 bits per heavy atom. The highest BCUT2D eigenvalue weighted by atomic mass is 32.2. The van der Waals surface area contributed by atoms with Gasteiger partial charge in [-0.25, -0.2) is 13.1 Å². The number of anilines is 1. The van der Waals surface area contributed by atoms with Gasteiger partial charge in [-0.05, 0) is 31.0 Å². The molecule has 0 radical (unpaired) electrons. The van der Waals surface area contributed by atoms with Crippen LogP contribution >= 0.6 is 11.3 Å². The highest BCUT2D eigenvalue weighted by Gasteiger charge is 2.21. The molecule has 1 heterocycles. The zero-order valence-corrected chi connectivity index (χ0v) is 16.4. The first kappa shape index (κ1) is 19.2. The molecule has 0 saturated carbocycles. The third-order valence-electron chi connectivity index (χ3n) is 3.80. The third kappa shape index (κ3) is 4.76. The number of carbonyl (C=O) groups excluding carboxylic acids is 1. The molecule has 0 unspecified atom stereocenters. The van der Waals surface area contributed by atoms with Gasteiger partial charge in [-0.1, -0.05) is 59.4 Å². The number of hydrogen-bond acceptors (Lipinski definition) is 6. The van der Waals surface area contributed by atoms with Gasteiger partial charge < -0.3 is 0 Å². The predicted molar refractivity (Wildman–Crippen MR) is 104 cm³/mol. The highest BCUT2D eigenvalue weighted by molar-refractivity contribution is 7.91. The molecular weight excluding hydrogens is 384 g/mol. The normalized spacial score (nSPS) is 11.3. The molecule has 7 nitrogen and oxygen atoms in total. The van der Waals surface area contributed by atoms with Crippen molar-refractivity contribution in [3.05, 3.63) is 70.8 Å². The van der Waals surface area contributed by atoms with Gasteiger partial charge in [-0.2, -0.15) is 0 Å². The molecule has 2 N–H and O–H groups in total. The minimum Gasteiger partial charge on any atom is -0.296 e. The minimum atomic E-state index is -3.82. The molecule has 0 saturated heterocycles. The number of amides is 1. The van der Waals surface area contributed by atoms with Crippen LogP contribution in [-0.4, -0.2) is 24.5 Å². The molecule has 0 bridgehead atoms. The minimum absolute atomic E-state index is 0.124. The zero-order chi connectivity index (χ0) is 19.4. The summed E-state index contributed by atoms with van der Waals surface area (Å²) in [4.78, 5) is 12.3. The van der Waals surface area contributed by atoms with E-state index in [1.807, 2.05) is 50.2 Å². The molecule has 9 heteroatoms. The van der Waals surface area contributed by atoms with E-state index in [1.54, 1.807) is 12.1 Å². The van der Waals surface area contributed by atoms with Gasteiger partial charge in [-0.15, -0.1) is 10.2 Å². The lowest BCUT2D eigenvalue weighted by molar-refractivity contribution is 0.102. The molecule has 0 atom stereocenters. The number of nitrogens with zero attached hydrogens (tertiary/aromatic N) is 2. The maximum absolute atomic E-state index is 12.4. The van der Waals surface area contributed by atoms with Crippen molar-refractivity contribution in [1.29, 1.82) is 0 Å². The standard InChI is InChI=1S/C18H18N4O3S2/c1-12-6-5-8-14(10-12)11-19-27(24,25)18-22-21-17(26-18)20-16(23)15-9-4-3-7-13(15)2/h3-10,19H,11H2,1-2H3,(H,20,21,23). The van der Waals surface area contributed by atoms with E-state index in [-0.39, 0.29) is 21.9 Å². The fourth-order valence-electron chi connectivity index (χ4n) is 2.42. The van der Waals surface area contributed by atoms with Crippen molar-refractivity contribution in [1.82, 2.24) is 14.9 Å². The van der Waals surface area contributed by atoms with Crippen LogP contribution in [0.5, 0.6) is 0 Å². The second-order valence-corrected chi connectivity index (χ2v) is 8.87. The van der Waals surface area contributed by atoms with Crippen LogP contribution in [0.4, 0.5) is 5.13 Å². The number of hydrogen-bond donors (Lipinski definition) is 2. The molecule has 3 rings (SSSR count). The Hall–Kier alpha value is -2.62. The summed E-state index contributed by atoms with van der Waals surface area (Å²) in [6.07, 6.45) is 0. The molecule has 1 amide bonds. The second-order valence-electron chi connectivity index (χ2n) is 5.96. The number of aryl methyl sites for hydroxylation is 2. The summed E-state index contributed by atoms with van der Waals surface area (Å²) < 4.78 is 27.1. The number of nitrogens with one attached hydrogen (secondary N) is 2. The largest absolute Gasteiger partial charge is 0.296 e. The number of sulfonamides is 1. The van der Waals surface area contributed by atoms with Gasteiger partial charge >= 0.3 is 0 Å². The van der Waals surface area contributed by atoms with E-state index in [2.05, 4.69) is 20.2 Å². The summed E-state index contributed by atoms with van der Waals surface area (Å²) in [7, 11) is -3.82. The number of carbonyl (C=O) groups is 1. The van der Waals surface area contributed by atoms with Crippen LogP contribution in [-0.2, 0) is 16.6 Å². The summed E-state index contributed by atoms with van der Waals surface area (Å²) >= 11 is 0.802. The van der Waals surface area contributed by atoms with Crippen molar-refractivity contribution in [3.8, 4) is 0 Å². The molecule has 0 spiro atoms. The van der Waals surface area contributed by atoms with Gasteiger partial charge in [0.1, 0.15) is 0 Å². The zero-order valence-electron chi connectivity index (χ0n) is 14.8. The average molecular weight is 403 g/mol. The van der Waals surface area contributed by atoms with E-state index in [1.165, 1.54) is 0 Å². The van der Waals surface area contributed by atoms with E-state index in [9.17, 15) is 13.2 Å². The lowest BCUT2D eigenvalue weighted by atomic mass is 10.1. The lowest BCUT2D eigenvalue weighted by Gasteiger charge is -2.05. The maximum Gasteiger partial charge on any atom is 0.270 e. The van der Waals surface area contributed by atoms with Gasteiger partial charge in [0.05, 0.1) is 0 Å². The van der Waals surface area contributed by atoms with Crippen LogP contribution in [0.25, 0.3) is 0 Å². The van der Waals surface area contributed by atoms with Crippen molar-refractivity contribution < 1.29 is 13.2 Å². The van der Waals surface area contributed by atoms with Crippen LogP contribution in [0.15, 0.2) is 52.9 Å². The van der Waals surface area contributed by atoms with Gasteiger partial charge in [-0.3, -0.25) is 10.1 Å². The van der Waals surface area contributed by atoms with Crippen molar-refractivity contribution in [2.45, 2.75) is 24.7 Å². The second kappa shape index (κ2) is 7.95. The Labute approximate surface area is 161 Å². The van der Waals surface area contributed by atoms with Gasteiger partial charge in [0.25, 0.3) is 15.9 Å². The number of benzene rings is 2. The molecule has 2 aromatic carbocycles. The van der Waals surface area contributed by atoms with Crippen molar-refractivity contribution in [3.63, 3.8) is 0 Å². The van der Waals surface area contributed by atoms with E-state index in [4.69, 9.17) is 0 Å². The van der Waals surface area contributed by atoms with Gasteiger partial charge in [0, 0.05) is 12.1 Å². The summed E-state index contributed by atoms with van der Waals surface area (Å²) in [5, 5.41) is 10.2. The first-order valence-electron chi connectivity index (χ1n) is 8.11. The summed E-state index contributed by atoms with van der Waals surface area (Å²) in [6.45, 7) is 3.90. The summed E-state index contributed by atoms with van der Waals surface area (Å²) in [6, 6.07) is 14.6. The number of aromatic nitrogens is 2. The molecule has 140 valence electrons. The highest BCUT2D eigenvalue weighted by Crippen LogP contribution is 2.21. The number of rotatable bonds is 6. The Bertz CT molecular complexity index is 1080. The Balaban J connectivity index is 1.69. The maximum atomic E-state index is 12.4. The topological polar surface area (TPSA) is 101 Å². The van der Waals surface area contributed by atoms with Gasteiger partial charge in [0.2, 0.25) is 9.47 Å². The molecule has 1 aromatic heterocycles. The molecule has 0 aliphatic carbocycles. The van der Waals surface area contributed by atoms with Gasteiger partial charge in [0.15, 0.2) is 0 Å². The van der Waals surface area contributed by atoms with E-state index in [0.29, 0.717) is 5.56 Å². The van der Waals surface area contributed by atoms with Crippen LogP contribution in [0.1, 0.15) is 27.0 Å². The fourth-order valence-corrected chi connectivity index (χ4v) is 4.38. The van der Waals surface area contributed by atoms with Crippen LogP contribution in [0, 0.1) is 13.8 Å². The molecule has 27 heavy (non-hydrogen) atoms. The van der Waals surface area contributed by atoms with E-state index < -0.39 is 10.0 Å².